The lowest BCUT2D eigenvalue weighted by molar-refractivity contribution is 0.245. The molecule has 128 valence electrons. The predicted molar refractivity (Wildman–Crippen MR) is 94.4 cm³/mol. The van der Waals surface area contributed by atoms with Gasteiger partial charge in [-0.15, -0.1) is 0 Å². The summed E-state index contributed by atoms with van der Waals surface area (Å²) in [6.07, 6.45) is 3.24. The summed E-state index contributed by atoms with van der Waals surface area (Å²) in [5.41, 5.74) is 3.43. The minimum absolute atomic E-state index is 0.237. The molecule has 24 heavy (non-hydrogen) atoms. The quantitative estimate of drug-likeness (QED) is 0.774. The molecular formula is C16H23N7O. The van der Waals surface area contributed by atoms with E-state index in [9.17, 15) is 10.1 Å². The fraction of sp³-hybridized carbons (Fsp3) is 0.438. The molecule has 1 unspecified atom stereocenters. The topological polar surface area (TPSA) is 97.5 Å². The number of aromatic nitrogens is 2. The van der Waals surface area contributed by atoms with Crippen LogP contribution in [0.15, 0.2) is 12.4 Å². The highest BCUT2D eigenvalue weighted by Gasteiger charge is 2.16. The maximum Gasteiger partial charge on any atom is 0.319 e. The maximum absolute atomic E-state index is 12.1. The van der Waals surface area contributed by atoms with Crippen LogP contribution in [0.2, 0.25) is 0 Å². The average Bonchev–Trinajstić information content (AvgIpc) is 2.87. The van der Waals surface area contributed by atoms with Gasteiger partial charge in [0.05, 0.1) is 34.8 Å². The molecule has 0 saturated carbocycles. The smallest absolute Gasteiger partial charge is 0.319 e. The number of anilines is 2. The van der Waals surface area contributed by atoms with Crippen LogP contribution in [0.4, 0.5) is 16.2 Å². The van der Waals surface area contributed by atoms with E-state index in [1.165, 1.54) is 6.20 Å². The van der Waals surface area contributed by atoms with Crippen LogP contribution >= 0.6 is 0 Å². The van der Waals surface area contributed by atoms with Crippen molar-refractivity contribution in [3.8, 4) is 6.07 Å². The monoisotopic (exact) mass is 329 g/mol. The Kier molecular flexibility index (Phi) is 5.26. The summed E-state index contributed by atoms with van der Waals surface area (Å²) in [6.45, 7) is 4.46. The minimum Gasteiger partial charge on any atom is -0.385 e. The minimum atomic E-state index is -0.269. The molecule has 0 radical (unpaired) electrons. The molecule has 0 aliphatic heterocycles. The van der Waals surface area contributed by atoms with Crippen LogP contribution < -0.4 is 16.0 Å². The fourth-order valence-electron chi connectivity index (χ4n) is 2.34. The first kappa shape index (κ1) is 17.6. The van der Waals surface area contributed by atoms with Crippen LogP contribution in [0, 0.1) is 18.3 Å². The zero-order valence-corrected chi connectivity index (χ0v) is 14.6. The van der Waals surface area contributed by atoms with Gasteiger partial charge in [-0.3, -0.25) is 0 Å². The van der Waals surface area contributed by atoms with Crippen molar-refractivity contribution in [1.29, 1.82) is 5.26 Å². The molecule has 8 heteroatoms. The molecule has 0 fully saturated rings. The van der Waals surface area contributed by atoms with Gasteiger partial charge in [-0.1, -0.05) is 0 Å². The largest absolute Gasteiger partial charge is 0.385 e. The number of hydrogen-bond donors (Lipinski definition) is 3. The van der Waals surface area contributed by atoms with Crippen molar-refractivity contribution in [1.82, 2.24) is 19.8 Å². The van der Waals surface area contributed by atoms with E-state index in [1.54, 1.807) is 17.8 Å². The number of likely N-dealkylation sites (N-methyl/N-ethyl adjacent to an activating group) is 1. The van der Waals surface area contributed by atoms with Gasteiger partial charge in [0, 0.05) is 25.2 Å². The van der Waals surface area contributed by atoms with E-state index in [1.807, 2.05) is 32.8 Å². The standard InChI is InChI=1S/C16H23N7O/c1-10(22(4)5)7-19-16(24)21-13-9-23-15(11(13)2)14(18-3)12(6-17)8-20-23/h8-10,18H,7H2,1-5H3,(H2,19,21,24). The van der Waals surface area contributed by atoms with Crippen LogP contribution in [0.5, 0.6) is 0 Å². The van der Waals surface area contributed by atoms with Crippen molar-refractivity contribution in [2.24, 2.45) is 0 Å². The molecule has 2 amide bonds. The number of urea groups is 1. The number of hydrogen-bond acceptors (Lipinski definition) is 5. The van der Waals surface area contributed by atoms with E-state index in [-0.39, 0.29) is 12.1 Å². The molecule has 2 aromatic rings. The molecule has 0 aromatic carbocycles. The zero-order valence-electron chi connectivity index (χ0n) is 14.6. The zero-order chi connectivity index (χ0) is 17.9. The highest BCUT2D eigenvalue weighted by atomic mass is 16.2. The van der Waals surface area contributed by atoms with E-state index < -0.39 is 0 Å². The van der Waals surface area contributed by atoms with Gasteiger partial charge in [0.2, 0.25) is 0 Å². The second-order valence-electron chi connectivity index (χ2n) is 5.90. The summed E-state index contributed by atoms with van der Waals surface area (Å²) >= 11 is 0. The third-order valence-electron chi connectivity index (χ3n) is 4.12. The van der Waals surface area contributed by atoms with Gasteiger partial charge in [0.1, 0.15) is 6.07 Å². The number of rotatable bonds is 5. The van der Waals surface area contributed by atoms with Gasteiger partial charge < -0.3 is 20.9 Å². The van der Waals surface area contributed by atoms with Crippen molar-refractivity contribution in [2.75, 3.05) is 38.3 Å². The lowest BCUT2D eigenvalue weighted by Gasteiger charge is -2.20. The SMILES string of the molecule is CNc1c(C#N)cnn2cc(NC(=O)NCC(C)N(C)C)c(C)c12. The third kappa shape index (κ3) is 3.41. The van der Waals surface area contributed by atoms with E-state index in [0.717, 1.165) is 11.1 Å². The number of nitrogens with zero attached hydrogens (tertiary/aromatic N) is 4. The number of amides is 2. The number of nitriles is 1. The first-order chi connectivity index (χ1) is 11.4. The Morgan fingerprint density at radius 1 is 1.50 bits per heavy atom. The molecule has 1 atom stereocenters. The molecule has 3 N–H and O–H groups in total. The Hall–Kier alpha value is -2.79. The molecule has 0 spiro atoms. The Labute approximate surface area is 141 Å². The van der Waals surface area contributed by atoms with Crippen molar-refractivity contribution < 1.29 is 4.79 Å². The first-order valence-electron chi connectivity index (χ1n) is 7.69. The van der Waals surface area contributed by atoms with Crippen molar-refractivity contribution in [3.05, 3.63) is 23.5 Å². The number of nitrogens with one attached hydrogen (secondary N) is 3. The molecule has 2 heterocycles. The van der Waals surface area contributed by atoms with Crippen molar-refractivity contribution >= 4 is 22.9 Å². The predicted octanol–water partition coefficient (Wildman–Crippen LogP) is 1.63. The van der Waals surface area contributed by atoms with Crippen molar-refractivity contribution in [2.45, 2.75) is 19.9 Å². The average molecular weight is 329 g/mol. The van der Waals surface area contributed by atoms with Crippen molar-refractivity contribution in [3.63, 3.8) is 0 Å². The molecule has 0 bridgehead atoms. The molecule has 0 aliphatic rings. The van der Waals surface area contributed by atoms with E-state index in [0.29, 0.717) is 23.5 Å². The summed E-state index contributed by atoms with van der Waals surface area (Å²) < 4.78 is 1.65. The van der Waals surface area contributed by atoms with Gasteiger partial charge in [-0.05, 0) is 27.9 Å². The maximum atomic E-state index is 12.1. The molecule has 0 aliphatic carbocycles. The van der Waals surface area contributed by atoms with Gasteiger partial charge in [-0.25, -0.2) is 9.31 Å². The van der Waals surface area contributed by atoms with Crippen LogP contribution in [0.25, 0.3) is 5.52 Å². The number of carbonyl (C=O) groups is 1. The Bertz CT molecular complexity index is 788. The Morgan fingerprint density at radius 3 is 2.79 bits per heavy atom. The van der Waals surface area contributed by atoms with Crippen LogP contribution in [-0.4, -0.2) is 54.3 Å². The highest BCUT2D eigenvalue weighted by Crippen LogP contribution is 2.29. The van der Waals surface area contributed by atoms with E-state index in [2.05, 4.69) is 27.1 Å². The number of aryl methyl sites for hydroxylation is 1. The van der Waals surface area contributed by atoms with Gasteiger partial charge >= 0.3 is 6.03 Å². The fourth-order valence-corrected chi connectivity index (χ4v) is 2.34. The summed E-state index contributed by atoms with van der Waals surface area (Å²) in [5.74, 6) is 0. The Balaban J connectivity index is 2.23. The summed E-state index contributed by atoms with van der Waals surface area (Å²) in [5, 5.41) is 22.1. The lowest BCUT2D eigenvalue weighted by Crippen LogP contribution is -2.40. The summed E-state index contributed by atoms with van der Waals surface area (Å²) in [7, 11) is 5.68. The molecule has 2 rings (SSSR count). The van der Waals surface area contributed by atoms with Gasteiger partial charge in [0.25, 0.3) is 0 Å². The van der Waals surface area contributed by atoms with E-state index >= 15 is 0 Å². The lowest BCUT2D eigenvalue weighted by atomic mass is 10.2. The second-order valence-corrected chi connectivity index (χ2v) is 5.90. The summed E-state index contributed by atoms with van der Waals surface area (Å²) in [6, 6.07) is 2.08. The van der Waals surface area contributed by atoms with Crippen LogP contribution in [0.1, 0.15) is 18.1 Å². The van der Waals surface area contributed by atoms with Crippen LogP contribution in [-0.2, 0) is 0 Å². The Morgan fingerprint density at radius 2 is 2.21 bits per heavy atom. The molecular weight excluding hydrogens is 306 g/mol. The molecule has 0 saturated heterocycles. The molecule has 8 nitrogen and oxygen atoms in total. The van der Waals surface area contributed by atoms with Gasteiger partial charge in [0.15, 0.2) is 0 Å². The normalized spacial score (nSPS) is 12.0. The number of fused-ring (bicyclic) bond motifs is 1. The number of carbonyl (C=O) groups excluding carboxylic acids is 1. The second kappa shape index (κ2) is 7.19. The molecule has 2 aromatic heterocycles. The highest BCUT2D eigenvalue weighted by molar-refractivity contribution is 5.94. The first-order valence-corrected chi connectivity index (χ1v) is 7.69. The van der Waals surface area contributed by atoms with Gasteiger partial charge in [-0.2, -0.15) is 10.4 Å². The van der Waals surface area contributed by atoms with E-state index in [4.69, 9.17) is 0 Å². The summed E-state index contributed by atoms with van der Waals surface area (Å²) in [4.78, 5) is 14.1. The third-order valence-corrected chi connectivity index (χ3v) is 4.12. The van der Waals surface area contributed by atoms with Crippen LogP contribution in [0.3, 0.4) is 0 Å².